The van der Waals surface area contributed by atoms with Gasteiger partial charge in [0, 0.05) is 0 Å². The van der Waals surface area contributed by atoms with Crippen LogP contribution in [0, 0.1) is 5.82 Å². The fourth-order valence-corrected chi connectivity index (χ4v) is 1.50. The molecular formula is C10H7F2N3O3. The standard InChI is InChI=1S/C10H7F2N3O3/c11-3-15-4-13-5-1-2-6(14-10(17)18)8(12)7(5)9(15)16/h1-2,4,14H,3H2,(H,17,18). The molecule has 0 radical (unpaired) electrons. The van der Waals surface area contributed by atoms with Crippen LogP contribution in [-0.4, -0.2) is 20.8 Å². The first kappa shape index (κ1) is 12.0. The zero-order chi connectivity index (χ0) is 13.3. The van der Waals surface area contributed by atoms with Crippen LogP contribution in [0.15, 0.2) is 23.3 Å². The zero-order valence-electron chi connectivity index (χ0n) is 8.85. The van der Waals surface area contributed by atoms with E-state index in [-0.39, 0.29) is 11.2 Å². The SMILES string of the molecule is O=C(O)Nc1ccc2ncn(CF)c(=O)c2c1F. The number of nitrogens with zero attached hydrogens (tertiary/aromatic N) is 2. The molecule has 0 aliphatic rings. The van der Waals surface area contributed by atoms with E-state index < -0.39 is 29.7 Å². The van der Waals surface area contributed by atoms with Crippen LogP contribution in [0.5, 0.6) is 0 Å². The number of alkyl halides is 1. The summed E-state index contributed by atoms with van der Waals surface area (Å²) in [5.41, 5.74) is -1.27. The predicted octanol–water partition coefficient (Wildman–Crippen LogP) is 1.55. The smallest absolute Gasteiger partial charge is 0.409 e. The summed E-state index contributed by atoms with van der Waals surface area (Å²) in [6.45, 7) is -1.14. The van der Waals surface area contributed by atoms with E-state index in [4.69, 9.17) is 5.11 Å². The Morgan fingerprint density at radius 3 is 2.83 bits per heavy atom. The summed E-state index contributed by atoms with van der Waals surface area (Å²) in [7, 11) is 0. The first-order valence-corrected chi connectivity index (χ1v) is 4.78. The molecule has 2 N–H and O–H groups in total. The fraction of sp³-hybridized carbons (Fsp3) is 0.100. The maximum absolute atomic E-state index is 13.9. The Labute approximate surface area is 98.5 Å². The minimum Gasteiger partial charge on any atom is -0.465 e. The van der Waals surface area contributed by atoms with Gasteiger partial charge in [-0.1, -0.05) is 0 Å². The lowest BCUT2D eigenvalue weighted by molar-refractivity contribution is 0.209. The predicted molar refractivity (Wildman–Crippen MR) is 58.7 cm³/mol. The van der Waals surface area contributed by atoms with E-state index in [1.807, 2.05) is 0 Å². The fourth-order valence-electron chi connectivity index (χ4n) is 1.50. The van der Waals surface area contributed by atoms with E-state index in [0.29, 0.717) is 4.57 Å². The molecule has 0 saturated heterocycles. The molecule has 8 heteroatoms. The van der Waals surface area contributed by atoms with Crippen molar-refractivity contribution < 1.29 is 18.7 Å². The number of hydrogen-bond acceptors (Lipinski definition) is 3. The Kier molecular flexibility index (Phi) is 2.92. The second-order valence-electron chi connectivity index (χ2n) is 3.39. The number of rotatable bonds is 2. The Morgan fingerprint density at radius 2 is 2.22 bits per heavy atom. The average Bonchev–Trinajstić information content (AvgIpc) is 2.32. The molecule has 1 aromatic carbocycles. The quantitative estimate of drug-likeness (QED) is 0.852. The molecular weight excluding hydrogens is 248 g/mol. The number of anilines is 1. The van der Waals surface area contributed by atoms with Crippen molar-refractivity contribution in [1.29, 1.82) is 0 Å². The summed E-state index contributed by atoms with van der Waals surface area (Å²) < 4.78 is 26.9. The normalized spacial score (nSPS) is 10.6. The number of benzene rings is 1. The lowest BCUT2D eigenvalue weighted by atomic mass is 10.2. The van der Waals surface area contributed by atoms with Gasteiger partial charge in [0.1, 0.15) is 11.7 Å². The van der Waals surface area contributed by atoms with E-state index in [0.717, 1.165) is 12.4 Å². The van der Waals surface area contributed by atoms with Gasteiger partial charge in [0.2, 0.25) is 0 Å². The average molecular weight is 255 g/mol. The lowest BCUT2D eigenvalue weighted by Crippen LogP contribution is -2.21. The minimum atomic E-state index is -1.47. The summed E-state index contributed by atoms with van der Waals surface area (Å²) in [5.74, 6) is -1.07. The van der Waals surface area contributed by atoms with Gasteiger partial charge >= 0.3 is 6.09 Å². The molecule has 1 amide bonds. The molecule has 0 bridgehead atoms. The highest BCUT2D eigenvalue weighted by Gasteiger charge is 2.14. The van der Waals surface area contributed by atoms with Gasteiger partial charge in [-0.05, 0) is 12.1 Å². The van der Waals surface area contributed by atoms with E-state index in [1.54, 1.807) is 5.32 Å². The maximum Gasteiger partial charge on any atom is 0.409 e. The Bertz CT molecular complexity index is 684. The number of carboxylic acid groups (broad SMARTS) is 1. The number of amides is 1. The molecule has 0 atom stereocenters. The van der Waals surface area contributed by atoms with E-state index in [9.17, 15) is 18.4 Å². The summed E-state index contributed by atoms with van der Waals surface area (Å²) in [4.78, 5) is 25.8. The van der Waals surface area contributed by atoms with Crippen LogP contribution in [0.1, 0.15) is 0 Å². The molecule has 1 heterocycles. The van der Waals surface area contributed by atoms with Crippen molar-refractivity contribution in [3.63, 3.8) is 0 Å². The molecule has 18 heavy (non-hydrogen) atoms. The largest absolute Gasteiger partial charge is 0.465 e. The molecule has 1 aromatic heterocycles. The monoisotopic (exact) mass is 255 g/mol. The number of halogens is 2. The first-order valence-electron chi connectivity index (χ1n) is 4.78. The Hall–Kier alpha value is -2.51. The van der Waals surface area contributed by atoms with Gasteiger partial charge in [0.15, 0.2) is 12.6 Å². The van der Waals surface area contributed by atoms with Crippen LogP contribution in [0.25, 0.3) is 10.9 Å². The number of aromatic nitrogens is 2. The summed E-state index contributed by atoms with van der Waals surface area (Å²) in [6.07, 6.45) is -0.517. The highest BCUT2D eigenvalue weighted by Crippen LogP contribution is 2.20. The van der Waals surface area contributed by atoms with Crippen molar-refractivity contribution in [2.45, 2.75) is 6.80 Å². The van der Waals surface area contributed by atoms with Crippen molar-refractivity contribution >= 4 is 22.7 Å². The van der Waals surface area contributed by atoms with Gasteiger partial charge in [0.05, 0.1) is 11.2 Å². The highest BCUT2D eigenvalue weighted by atomic mass is 19.1. The molecule has 0 unspecified atom stereocenters. The Morgan fingerprint density at radius 1 is 1.50 bits per heavy atom. The van der Waals surface area contributed by atoms with Crippen LogP contribution in [0.4, 0.5) is 19.3 Å². The molecule has 94 valence electrons. The van der Waals surface area contributed by atoms with Crippen LogP contribution in [0.3, 0.4) is 0 Å². The van der Waals surface area contributed by atoms with Crippen LogP contribution >= 0.6 is 0 Å². The third-order valence-electron chi connectivity index (χ3n) is 2.30. The lowest BCUT2D eigenvalue weighted by Gasteiger charge is -2.06. The maximum atomic E-state index is 13.9. The van der Waals surface area contributed by atoms with Crippen molar-refractivity contribution in [3.05, 3.63) is 34.6 Å². The van der Waals surface area contributed by atoms with Crippen LogP contribution in [-0.2, 0) is 6.80 Å². The molecule has 0 aliphatic heterocycles. The van der Waals surface area contributed by atoms with Gasteiger partial charge < -0.3 is 5.11 Å². The topological polar surface area (TPSA) is 84.2 Å². The van der Waals surface area contributed by atoms with Crippen molar-refractivity contribution in [2.24, 2.45) is 0 Å². The summed E-state index contributed by atoms with van der Waals surface area (Å²) >= 11 is 0. The molecule has 0 fully saturated rings. The van der Waals surface area contributed by atoms with Gasteiger partial charge in [-0.25, -0.2) is 18.6 Å². The highest BCUT2D eigenvalue weighted by molar-refractivity contribution is 5.89. The van der Waals surface area contributed by atoms with Gasteiger partial charge in [-0.15, -0.1) is 0 Å². The van der Waals surface area contributed by atoms with Gasteiger partial charge in [0.25, 0.3) is 5.56 Å². The van der Waals surface area contributed by atoms with E-state index in [1.165, 1.54) is 6.07 Å². The Balaban J connectivity index is 2.75. The zero-order valence-corrected chi connectivity index (χ0v) is 8.85. The van der Waals surface area contributed by atoms with Crippen molar-refractivity contribution in [1.82, 2.24) is 9.55 Å². The second kappa shape index (κ2) is 4.40. The number of fused-ring (bicyclic) bond motifs is 1. The second-order valence-corrected chi connectivity index (χ2v) is 3.39. The van der Waals surface area contributed by atoms with Crippen LogP contribution in [0.2, 0.25) is 0 Å². The third-order valence-corrected chi connectivity index (χ3v) is 2.30. The van der Waals surface area contributed by atoms with E-state index in [2.05, 4.69) is 4.98 Å². The van der Waals surface area contributed by atoms with Crippen molar-refractivity contribution in [2.75, 3.05) is 5.32 Å². The molecule has 0 aliphatic carbocycles. The number of hydrogen-bond donors (Lipinski definition) is 2. The minimum absolute atomic E-state index is 0.0261. The number of carbonyl (C=O) groups is 1. The van der Waals surface area contributed by atoms with Gasteiger partial charge in [-0.3, -0.25) is 14.7 Å². The van der Waals surface area contributed by atoms with Gasteiger partial charge in [-0.2, -0.15) is 0 Å². The summed E-state index contributed by atoms with van der Waals surface area (Å²) in [5, 5.41) is 9.84. The van der Waals surface area contributed by atoms with Crippen molar-refractivity contribution in [3.8, 4) is 0 Å². The molecule has 2 rings (SSSR count). The van der Waals surface area contributed by atoms with Crippen LogP contribution < -0.4 is 10.9 Å². The molecule has 6 nitrogen and oxygen atoms in total. The van der Waals surface area contributed by atoms with E-state index >= 15 is 0 Å². The molecule has 2 aromatic rings. The summed E-state index contributed by atoms with van der Waals surface area (Å²) in [6, 6.07) is 2.41. The third kappa shape index (κ3) is 1.88. The first-order chi connectivity index (χ1) is 8.54. The molecule has 0 saturated carbocycles. The number of nitrogens with one attached hydrogen (secondary N) is 1. The molecule has 0 spiro atoms.